The molecule has 0 spiro atoms. The van der Waals surface area contributed by atoms with Crippen molar-refractivity contribution in [2.75, 3.05) is 25.0 Å². The zero-order valence-corrected chi connectivity index (χ0v) is 18.7. The van der Waals surface area contributed by atoms with Crippen LogP contribution in [0, 0.1) is 0 Å². The van der Waals surface area contributed by atoms with Gasteiger partial charge in [-0.15, -0.1) is 0 Å². The van der Waals surface area contributed by atoms with Gasteiger partial charge in [-0.1, -0.05) is 30.3 Å². The molecule has 1 aliphatic heterocycles. The number of hydrogen-bond acceptors (Lipinski definition) is 5. The topological polar surface area (TPSA) is 87.7 Å². The number of nitrogens with one attached hydrogen (secondary N) is 2. The van der Waals surface area contributed by atoms with E-state index in [0.717, 1.165) is 25.1 Å². The Kier molecular flexibility index (Phi) is 8.39. The fraction of sp³-hybridized carbons (Fsp3) is 0.400. The average molecular weight is 438 g/mol. The van der Waals surface area contributed by atoms with Crippen molar-refractivity contribution in [1.82, 2.24) is 10.2 Å². The normalized spacial score (nSPS) is 15.6. The molecular formula is C25H31N3O4. The van der Waals surface area contributed by atoms with Gasteiger partial charge < -0.3 is 20.3 Å². The van der Waals surface area contributed by atoms with Gasteiger partial charge in [0.25, 0.3) is 5.91 Å². The summed E-state index contributed by atoms with van der Waals surface area (Å²) >= 11 is 0. The van der Waals surface area contributed by atoms with Gasteiger partial charge in [0.05, 0.1) is 12.6 Å². The van der Waals surface area contributed by atoms with Crippen molar-refractivity contribution in [3.63, 3.8) is 0 Å². The Balaban J connectivity index is 1.66. The van der Waals surface area contributed by atoms with E-state index in [4.69, 9.17) is 0 Å². The number of benzene rings is 2. The SMILES string of the molecule is CCOC(=O)C(=O)Nc1ccc(C(=O)NC(CC(C)N2CCCC2)c2ccccc2)cc1. The van der Waals surface area contributed by atoms with Crippen LogP contribution in [0.5, 0.6) is 0 Å². The molecule has 1 aliphatic rings. The van der Waals surface area contributed by atoms with Crippen LogP contribution in [0.1, 0.15) is 55.1 Å². The molecule has 2 N–H and O–H groups in total. The number of anilines is 1. The van der Waals surface area contributed by atoms with E-state index in [1.165, 1.54) is 12.8 Å². The van der Waals surface area contributed by atoms with Gasteiger partial charge in [0.1, 0.15) is 0 Å². The van der Waals surface area contributed by atoms with Gasteiger partial charge in [-0.05, 0) is 76.0 Å². The number of amides is 2. The molecule has 170 valence electrons. The quantitative estimate of drug-likeness (QED) is 0.487. The van der Waals surface area contributed by atoms with Crippen molar-refractivity contribution in [2.45, 2.75) is 45.2 Å². The number of likely N-dealkylation sites (tertiary alicyclic amines) is 1. The Labute approximate surface area is 189 Å². The van der Waals surface area contributed by atoms with Crippen molar-refractivity contribution >= 4 is 23.5 Å². The summed E-state index contributed by atoms with van der Waals surface area (Å²) in [4.78, 5) is 38.7. The van der Waals surface area contributed by atoms with Crippen LogP contribution in [0.25, 0.3) is 0 Å². The van der Waals surface area contributed by atoms with E-state index in [1.807, 2.05) is 30.3 Å². The van der Waals surface area contributed by atoms with Crippen molar-refractivity contribution < 1.29 is 19.1 Å². The Hall–Kier alpha value is -3.19. The highest BCUT2D eigenvalue weighted by Crippen LogP contribution is 2.24. The molecule has 3 rings (SSSR count). The number of nitrogens with zero attached hydrogens (tertiary/aromatic N) is 1. The summed E-state index contributed by atoms with van der Waals surface area (Å²) in [5.74, 6) is -1.97. The molecule has 7 nitrogen and oxygen atoms in total. The number of ether oxygens (including phenoxy) is 1. The van der Waals surface area contributed by atoms with Gasteiger partial charge in [0.2, 0.25) is 0 Å². The summed E-state index contributed by atoms with van der Waals surface area (Å²) in [6.45, 7) is 6.19. The molecule has 1 fully saturated rings. The fourth-order valence-corrected chi connectivity index (χ4v) is 3.96. The van der Waals surface area contributed by atoms with Gasteiger partial charge in [-0.3, -0.25) is 9.59 Å². The summed E-state index contributed by atoms with van der Waals surface area (Å²) < 4.78 is 4.67. The van der Waals surface area contributed by atoms with E-state index in [1.54, 1.807) is 31.2 Å². The number of hydrogen-bond donors (Lipinski definition) is 2. The number of esters is 1. The first-order valence-electron chi connectivity index (χ1n) is 11.2. The summed E-state index contributed by atoms with van der Waals surface area (Å²) in [5.41, 5.74) is 1.97. The van der Waals surface area contributed by atoms with Crippen LogP contribution in [-0.4, -0.2) is 48.4 Å². The molecule has 1 heterocycles. The minimum atomic E-state index is -0.938. The lowest BCUT2D eigenvalue weighted by Crippen LogP contribution is -2.36. The third-order valence-electron chi connectivity index (χ3n) is 5.71. The summed E-state index contributed by atoms with van der Waals surface area (Å²) in [7, 11) is 0. The van der Waals surface area contributed by atoms with E-state index in [0.29, 0.717) is 17.3 Å². The summed E-state index contributed by atoms with van der Waals surface area (Å²) in [6.07, 6.45) is 3.28. The van der Waals surface area contributed by atoms with Crippen LogP contribution in [0.4, 0.5) is 5.69 Å². The predicted molar refractivity (Wildman–Crippen MR) is 123 cm³/mol. The molecule has 0 aliphatic carbocycles. The van der Waals surface area contributed by atoms with Crippen molar-refractivity contribution in [3.05, 3.63) is 65.7 Å². The van der Waals surface area contributed by atoms with Crippen molar-refractivity contribution in [3.8, 4) is 0 Å². The van der Waals surface area contributed by atoms with Crippen LogP contribution in [0.3, 0.4) is 0 Å². The first-order valence-corrected chi connectivity index (χ1v) is 11.2. The first-order chi connectivity index (χ1) is 15.5. The Morgan fingerprint density at radius 1 is 1.00 bits per heavy atom. The van der Waals surface area contributed by atoms with Crippen LogP contribution in [0.15, 0.2) is 54.6 Å². The second-order valence-corrected chi connectivity index (χ2v) is 8.02. The molecule has 2 atom stereocenters. The zero-order chi connectivity index (χ0) is 22.9. The first kappa shape index (κ1) is 23.5. The van der Waals surface area contributed by atoms with Gasteiger partial charge in [-0.2, -0.15) is 0 Å². The number of carbonyl (C=O) groups is 3. The lowest BCUT2D eigenvalue weighted by Gasteiger charge is -2.29. The van der Waals surface area contributed by atoms with Crippen LogP contribution >= 0.6 is 0 Å². The van der Waals surface area contributed by atoms with Gasteiger partial charge >= 0.3 is 11.9 Å². The monoisotopic (exact) mass is 437 g/mol. The Morgan fingerprint density at radius 3 is 2.28 bits per heavy atom. The predicted octanol–water partition coefficient (Wildman–Crippen LogP) is 3.53. The third kappa shape index (κ3) is 6.40. The smallest absolute Gasteiger partial charge is 0.397 e. The molecule has 2 aromatic rings. The summed E-state index contributed by atoms with van der Waals surface area (Å²) in [5, 5.41) is 5.64. The standard InChI is InChI=1S/C25H31N3O4/c1-3-32-25(31)24(30)26-21-13-11-20(12-14-21)23(29)27-22(19-9-5-4-6-10-19)17-18(2)28-15-7-8-16-28/h4-6,9-14,18,22H,3,7-8,15-17H2,1-2H3,(H,26,30)(H,27,29). The fourth-order valence-electron chi connectivity index (χ4n) is 3.96. The second-order valence-electron chi connectivity index (χ2n) is 8.02. The minimum Gasteiger partial charge on any atom is -0.459 e. The van der Waals surface area contributed by atoms with Crippen molar-refractivity contribution in [2.24, 2.45) is 0 Å². The van der Waals surface area contributed by atoms with Gasteiger partial charge in [0, 0.05) is 17.3 Å². The third-order valence-corrected chi connectivity index (χ3v) is 5.71. The number of rotatable bonds is 8. The van der Waals surface area contributed by atoms with E-state index < -0.39 is 11.9 Å². The maximum atomic E-state index is 13.0. The minimum absolute atomic E-state index is 0.109. The van der Waals surface area contributed by atoms with Crippen LogP contribution in [-0.2, 0) is 14.3 Å². The molecule has 32 heavy (non-hydrogen) atoms. The summed E-state index contributed by atoms with van der Waals surface area (Å²) in [6, 6.07) is 16.7. The lowest BCUT2D eigenvalue weighted by molar-refractivity contribution is -0.152. The highest BCUT2D eigenvalue weighted by atomic mass is 16.5. The molecule has 2 unspecified atom stereocenters. The maximum absolute atomic E-state index is 13.0. The maximum Gasteiger partial charge on any atom is 0.397 e. The molecule has 0 bridgehead atoms. The van der Waals surface area contributed by atoms with E-state index in [9.17, 15) is 14.4 Å². The number of carbonyl (C=O) groups excluding carboxylic acids is 3. The van der Waals surface area contributed by atoms with Gasteiger partial charge in [-0.25, -0.2) is 4.79 Å². The van der Waals surface area contributed by atoms with Gasteiger partial charge in [0.15, 0.2) is 0 Å². The molecule has 2 aromatic carbocycles. The highest BCUT2D eigenvalue weighted by molar-refractivity contribution is 6.37. The lowest BCUT2D eigenvalue weighted by atomic mass is 9.98. The van der Waals surface area contributed by atoms with E-state index in [-0.39, 0.29) is 18.6 Å². The van der Waals surface area contributed by atoms with E-state index in [2.05, 4.69) is 27.2 Å². The largest absolute Gasteiger partial charge is 0.459 e. The Morgan fingerprint density at radius 2 is 1.66 bits per heavy atom. The Bertz CT molecular complexity index is 909. The molecule has 0 aromatic heterocycles. The molecule has 0 saturated carbocycles. The zero-order valence-electron chi connectivity index (χ0n) is 18.7. The molecule has 2 amide bonds. The van der Waals surface area contributed by atoms with Crippen LogP contribution in [0.2, 0.25) is 0 Å². The van der Waals surface area contributed by atoms with Crippen molar-refractivity contribution in [1.29, 1.82) is 0 Å². The highest BCUT2D eigenvalue weighted by Gasteiger charge is 2.24. The average Bonchev–Trinajstić information content (AvgIpc) is 3.35. The molecule has 0 radical (unpaired) electrons. The molecule has 7 heteroatoms. The van der Waals surface area contributed by atoms with E-state index >= 15 is 0 Å². The molecular weight excluding hydrogens is 406 g/mol. The van der Waals surface area contributed by atoms with Crippen LogP contribution < -0.4 is 10.6 Å². The second kappa shape index (κ2) is 11.4. The molecule has 1 saturated heterocycles.